The van der Waals surface area contributed by atoms with Crippen molar-refractivity contribution in [2.45, 2.75) is 38.1 Å². The summed E-state index contributed by atoms with van der Waals surface area (Å²) < 4.78 is 0. The quantitative estimate of drug-likeness (QED) is 0.480. The van der Waals surface area contributed by atoms with E-state index < -0.39 is 18.3 Å². The average molecular weight is 174 g/mol. The highest BCUT2D eigenvalue weighted by molar-refractivity contribution is 5.78. The molecular weight excluding hydrogens is 160 g/mol. The molecule has 0 spiro atoms. The predicted molar refractivity (Wildman–Crippen MR) is 41.4 cm³/mol. The zero-order valence-electron chi connectivity index (χ0n) is 6.97. The van der Waals surface area contributed by atoms with Crippen molar-refractivity contribution in [2.75, 3.05) is 0 Å². The summed E-state index contributed by atoms with van der Waals surface area (Å²) in [4.78, 5) is 10.9. The molecule has 0 radical (unpaired) electrons. The van der Waals surface area contributed by atoms with Crippen LogP contribution in [0.4, 0.5) is 0 Å². The Bertz CT molecular complexity index is 168. The van der Waals surface area contributed by atoms with Crippen LogP contribution in [0.5, 0.6) is 0 Å². The van der Waals surface area contributed by atoms with Gasteiger partial charge in [-0.25, -0.2) is 0 Å². The van der Waals surface area contributed by atoms with Gasteiger partial charge in [-0.2, -0.15) is 0 Å². The minimum absolute atomic E-state index is 0.0417. The third-order valence-electron chi connectivity index (χ3n) is 2.42. The van der Waals surface area contributed by atoms with Gasteiger partial charge in [-0.1, -0.05) is 0 Å². The summed E-state index contributed by atoms with van der Waals surface area (Å²) in [6.07, 6.45) is -2.52. The number of carbonyl (C=O) groups is 1. The first kappa shape index (κ1) is 9.64. The molecule has 0 amide bonds. The summed E-state index contributed by atoms with van der Waals surface area (Å²) in [7, 11) is 0. The molecule has 2 atom stereocenters. The van der Waals surface area contributed by atoms with Crippen LogP contribution in [0.1, 0.15) is 19.8 Å². The molecule has 1 fully saturated rings. The summed E-state index contributed by atoms with van der Waals surface area (Å²) >= 11 is 0. The lowest BCUT2D eigenvalue weighted by molar-refractivity contribution is -0.134. The molecule has 1 aliphatic rings. The van der Waals surface area contributed by atoms with Gasteiger partial charge in [-0.3, -0.25) is 4.79 Å². The van der Waals surface area contributed by atoms with Crippen molar-refractivity contribution in [3.63, 3.8) is 0 Å². The van der Waals surface area contributed by atoms with Crippen LogP contribution in [-0.2, 0) is 4.79 Å². The summed E-state index contributed by atoms with van der Waals surface area (Å²) in [5.74, 6) is -0.349. The first-order chi connectivity index (χ1) is 5.52. The monoisotopic (exact) mass is 174 g/mol. The minimum Gasteiger partial charge on any atom is -0.390 e. The highest BCUT2D eigenvalue weighted by Crippen LogP contribution is 2.25. The van der Waals surface area contributed by atoms with Crippen LogP contribution in [0.15, 0.2) is 0 Å². The second-order valence-electron chi connectivity index (χ2n) is 3.40. The molecule has 1 aliphatic carbocycles. The fourth-order valence-corrected chi connectivity index (χ4v) is 1.55. The lowest BCUT2D eigenvalue weighted by Crippen LogP contribution is -2.45. The smallest absolute Gasteiger partial charge is 0.133 e. The summed E-state index contributed by atoms with van der Waals surface area (Å²) in [5, 5.41) is 27.5. The second-order valence-corrected chi connectivity index (χ2v) is 3.40. The standard InChI is InChI=1S/C8H14O4/c1-4(9)5-2-6(10)8(12)7(11)3-5/h5-8,10-12H,2-3H2,1H3/t5?,6-,7-,8?/m1/s1. The molecule has 0 saturated heterocycles. The van der Waals surface area contributed by atoms with Crippen molar-refractivity contribution in [1.82, 2.24) is 0 Å². The number of aliphatic hydroxyl groups excluding tert-OH is 3. The molecule has 70 valence electrons. The first-order valence-corrected chi connectivity index (χ1v) is 4.07. The van der Waals surface area contributed by atoms with E-state index in [-0.39, 0.29) is 24.5 Å². The molecule has 0 bridgehead atoms. The van der Waals surface area contributed by atoms with Crippen LogP contribution in [0.25, 0.3) is 0 Å². The van der Waals surface area contributed by atoms with Gasteiger partial charge in [0.15, 0.2) is 0 Å². The molecule has 0 aliphatic heterocycles. The van der Waals surface area contributed by atoms with Gasteiger partial charge < -0.3 is 15.3 Å². The van der Waals surface area contributed by atoms with E-state index >= 15 is 0 Å². The largest absolute Gasteiger partial charge is 0.390 e. The number of ketones is 1. The molecule has 1 rings (SSSR count). The van der Waals surface area contributed by atoms with Crippen LogP contribution < -0.4 is 0 Å². The van der Waals surface area contributed by atoms with Crippen molar-refractivity contribution >= 4 is 5.78 Å². The Kier molecular flexibility index (Phi) is 2.82. The predicted octanol–water partition coefficient (Wildman–Crippen LogP) is -0.932. The Morgan fingerprint density at radius 1 is 1.17 bits per heavy atom. The fraction of sp³-hybridized carbons (Fsp3) is 0.875. The van der Waals surface area contributed by atoms with Crippen LogP contribution in [-0.4, -0.2) is 39.4 Å². The Balaban J connectivity index is 2.59. The highest BCUT2D eigenvalue weighted by atomic mass is 16.4. The van der Waals surface area contributed by atoms with Crippen molar-refractivity contribution in [1.29, 1.82) is 0 Å². The van der Waals surface area contributed by atoms with Gasteiger partial charge in [-0.15, -0.1) is 0 Å². The van der Waals surface area contributed by atoms with E-state index in [9.17, 15) is 15.0 Å². The van der Waals surface area contributed by atoms with E-state index in [1.807, 2.05) is 0 Å². The van der Waals surface area contributed by atoms with Gasteiger partial charge in [0.1, 0.15) is 11.9 Å². The minimum atomic E-state index is -1.10. The number of carbonyl (C=O) groups excluding carboxylic acids is 1. The van der Waals surface area contributed by atoms with Crippen molar-refractivity contribution in [2.24, 2.45) is 5.92 Å². The van der Waals surface area contributed by atoms with Gasteiger partial charge in [-0.05, 0) is 19.8 Å². The van der Waals surface area contributed by atoms with Gasteiger partial charge in [0.05, 0.1) is 12.2 Å². The number of Topliss-reactive ketones (excluding diaryl/α,β-unsaturated/α-hetero) is 1. The molecule has 0 heterocycles. The molecule has 0 unspecified atom stereocenters. The van der Waals surface area contributed by atoms with Crippen LogP contribution in [0, 0.1) is 5.92 Å². The van der Waals surface area contributed by atoms with E-state index in [2.05, 4.69) is 0 Å². The average Bonchev–Trinajstić information content (AvgIpc) is 1.99. The third-order valence-corrected chi connectivity index (χ3v) is 2.42. The third kappa shape index (κ3) is 1.83. The van der Waals surface area contributed by atoms with Crippen LogP contribution in [0.2, 0.25) is 0 Å². The number of hydrogen-bond donors (Lipinski definition) is 3. The molecule has 0 aromatic heterocycles. The van der Waals surface area contributed by atoms with Gasteiger partial charge in [0, 0.05) is 5.92 Å². The highest BCUT2D eigenvalue weighted by Gasteiger charge is 2.36. The molecule has 0 aromatic carbocycles. The topological polar surface area (TPSA) is 77.8 Å². The normalized spacial score (nSPS) is 42.7. The van der Waals surface area contributed by atoms with Crippen LogP contribution >= 0.6 is 0 Å². The lowest BCUT2D eigenvalue weighted by atomic mass is 9.81. The van der Waals surface area contributed by atoms with Gasteiger partial charge >= 0.3 is 0 Å². The van der Waals surface area contributed by atoms with E-state index in [1.165, 1.54) is 6.92 Å². The van der Waals surface area contributed by atoms with Gasteiger partial charge in [0.25, 0.3) is 0 Å². The Morgan fingerprint density at radius 3 is 1.92 bits per heavy atom. The molecule has 0 aromatic rings. The SMILES string of the molecule is CC(=O)C1C[C@@H](O)C(O)[C@H](O)C1. The summed E-state index contributed by atoms with van der Waals surface area (Å²) in [6.45, 7) is 1.43. The summed E-state index contributed by atoms with van der Waals surface area (Å²) in [5.41, 5.74) is 0. The molecule has 3 N–H and O–H groups in total. The number of hydrogen-bond acceptors (Lipinski definition) is 4. The van der Waals surface area contributed by atoms with Crippen molar-refractivity contribution in [3.05, 3.63) is 0 Å². The molecule has 4 nitrogen and oxygen atoms in total. The fourth-order valence-electron chi connectivity index (χ4n) is 1.55. The zero-order valence-corrected chi connectivity index (χ0v) is 6.97. The second kappa shape index (κ2) is 3.51. The van der Waals surface area contributed by atoms with Crippen molar-refractivity contribution < 1.29 is 20.1 Å². The van der Waals surface area contributed by atoms with Gasteiger partial charge in [0.2, 0.25) is 0 Å². The van der Waals surface area contributed by atoms with E-state index in [1.54, 1.807) is 0 Å². The molecule has 12 heavy (non-hydrogen) atoms. The lowest BCUT2D eigenvalue weighted by Gasteiger charge is -2.32. The molecule has 1 saturated carbocycles. The molecule has 4 heteroatoms. The maximum absolute atomic E-state index is 10.9. The number of rotatable bonds is 1. The number of aliphatic hydroxyl groups is 3. The Hall–Kier alpha value is -0.450. The van der Waals surface area contributed by atoms with Crippen LogP contribution in [0.3, 0.4) is 0 Å². The van der Waals surface area contributed by atoms with E-state index in [0.717, 1.165) is 0 Å². The molecular formula is C8H14O4. The maximum atomic E-state index is 10.9. The van der Waals surface area contributed by atoms with E-state index in [4.69, 9.17) is 5.11 Å². The zero-order chi connectivity index (χ0) is 9.30. The first-order valence-electron chi connectivity index (χ1n) is 4.07. The maximum Gasteiger partial charge on any atom is 0.133 e. The van der Waals surface area contributed by atoms with Crippen molar-refractivity contribution in [3.8, 4) is 0 Å². The summed E-state index contributed by atoms with van der Waals surface area (Å²) in [6, 6.07) is 0. The Morgan fingerprint density at radius 2 is 1.58 bits per heavy atom. The van der Waals surface area contributed by atoms with E-state index in [0.29, 0.717) is 0 Å². The Labute approximate surface area is 70.8 Å².